The van der Waals surface area contributed by atoms with Crippen molar-refractivity contribution in [2.45, 2.75) is 33.1 Å². The van der Waals surface area contributed by atoms with Gasteiger partial charge in [-0.3, -0.25) is 0 Å². The van der Waals surface area contributed by atoms with Gasteiger partial charge in [-0.25, -0.2) is 9.59 Å². The zero-order chi connectivity index (χ0) is 18.6. The molecule has 0 heterocycles. The summed E-state index contributed by atoms with van der Waals surface area (Å²) in [6, 6.07) is 12.5. The molecule has 0 spiro atoms. The van der Waals surface area contributed by atoms with Crippen molar-refractivity contribution in [1.29, 1.82) is 0 Å². The molecule has 5 nitrogen and oxygen atoms in total. The Hall–Kier alpha value is -2.82. The van der Waals surface area contributed by atoms with Gasteiger partial charge in [0.2, 0.25) is 0 Å². The highest BCUT2D eigenvalue weighted by molar-refractivity contribution is 6.06. The Morgan fingerprint density at radius 1 is 1.08 bits per heavy atom. The van der Waals surface area contributed by atoms with Gasteiger partial charge in [0.25, 0.3) is 0 Å². The molecule has 0 amide bonds. The lowest BCUT2D eigenvalue weighted by molar-refractivity contribution is 0.0515. The first kappa shape index (κ1) is 18.5. The Morgan fingerprint density at radius 3 is 2.24 bits per heavy atom. The van der Waals surface area contributed by atoms with Crippen molar-refractivity contribution in [1.82, 2.24) is 0 Å². The molecule has 2 N–H and O–H groups in total. The Morgan fingerprint density at radius 2 is 1.72 bits per heavy atom. The molecular weight excluding hydrogens is 318 g/mol. The zero-order valence-corrected chi connectivity index (χ0v) is 14.9. The number of carbonyl (C=O) groups excluding carboxylic acids is 1. The lowest BCUT2D eigenvalue weighted by Gasteiger charge is -2.19. The number of carbonyl (C=O) groups is 2. The lowest BCUT2D eigenvalue weighted by atomic mass is 9.87. The molecule has 2 aromatic carbocycles. The van der Waals surface area contributed by atoms with E-state index in [9.17, 15) is 14.7 Å². The van der Waals surface area contributed by atoms with E-state index in [0.717, 1.165) is 5.69 Å². The molecule has 0 saturated heterocycles. The number of hydrogen-bond acceptors (Lipinski definition) is 4. The molecular formula is C20H23NO4. The molecule has 132 valence electrons. The maximum absolute atomic E-state index is 12.0. The number of rotatable bonds is 5. The minimum absolute atomic E-state index is 0.0330. The van der Waals surface area contributed by atoms with Crippen LogP contribution in [0.4, 0.5) is 11.4 Å². The van der Waals surface area contributed by atoms with E-state index in [2.05, 4.69) is 26.1 Å². The molecule has 0 aliphatic heterocycles. The van der Waals surface area contributed by atoms with E-state index >= 15 is 0 Å². The third-order valence-corrected chi connectivity index (χ3v) is 3.80. The molecule has 2 aromatic rings. The van der Waals surface area contributed by atoms with Crippen LogP contribution in [0.1, 0.15) is 54.0 Å². The van der Waals surface area contributed by atoms with Crippen LogP contribution >= 0.6 is 0 Å². The number of carboxylic acids is 1. The van der Waals surface area contributed by atoms with Gasteiger partial charge in [-0.1, -0.05) is 39.0 Å². The third kappa shape index (κ3) is 4.38. The zero-order valence-electron chi connectivity index (χ0n) is 14.9. The van der Waals surface area contributed by atoms with E-state index in [1.165, 1.54) is 11.6 Å². The molecule has 0 aliphatic rings. The monoisotopic (exact) mass is 341 g/mol. The number of nitrogens with one attached hydrogen (secondary N) is 1. The number of anilines is 2. The first-order valence-corrected chi connectivity index (χ1v) is 8.15. The second-order valence-corrected chi connectivity index (χ2v) is 6.71. The summed E-state index contributed by atoms with van der Waals surface area (Å²) in [5.74, 6) is -1.83. The number of benzene rings is 2. The van der Waals surface area contributed by atoms with Crippen molar-refractivity contribution in [3.63, 3.8) is 0 Å². The quantitative estimate of drug-likeness (QED) is 0.777. The third-order valence-electron chi connectivity index (χ3n) is 3.80. The minimum Gasteiger partial charge on any atom is -0.478 e. The largest absolute Gasteiger partial charge is 0.478 e. The van der Waals surface area contributed by atoms with Crippen molar-refractivity contribution >= 4 is 23.3 Å². The van der Waals surface area contributed by atoms with Gasteiger partial charge in [-0.2, -0.15) is 0 Å². The van der Waals surface area contributed by atoms with Gasteiger partial charge >= 0.3 is 11.9 Å². The lowest BCUT2D eigenvalue weighted by Crippen LogP contribution is -2.14. The SMILES string of the molecule is CCOC(=O)c1cccc(Nc2ccc(C(C)(C)C)cc2)c1C(=O)O. The molecule has 0 aromatic heterocycles. The van der Waals surface area contributed by atoms with E-state index in [1.54, 1.807) is 19.1 Å². The van der Waals surface area contributed by atoms with Crippen LogP contribution in [0.15, 0.2) is 42.5 Å². The van der Waals surface area contributed by atoms with Crippen LogP contribution in [-0.4, -0.2) is 23.7 Å². The van der Waals surface area contributed by atoms with E-state index in [4.69, 9.17) is 4.74 Å². The molecule has 0 bridgehead atoms. The van der Waals surface area contributed by atoms with Gasteiger partial charge in [0.05, 0.1) is 23.4 Å². The van der Waals surface area contributed by atoms with Gasteiger partial charge in [0.15, 0.2) is 0 Å². The summed E-state index contributed by atoms with van der Waals surface area (Å²) in [4.78, 5) is 23.7. The highest BCUT2D eigenvalue weighted by atomic mass is 16.5. The first-order chi connectivity index (χ1) is 11.7. The maximum Gasteiger partial charge on any atom is 0.339 e. The number of ether oxygens (including phenoxy) is 1. The number of hydrogen-bond donors (Lipinski definition) is 2. The number of esters is 1. The molecule has 0 atom stereocenters. The second-order valence-electron chi connectivity index (χ2n) is 6.71. The molecule has 0 radical (unpaired) electrons. The summed E-state index contributed by atoms with van der Waals surface area (Å²) in [6.45, 7) is 8.24. The number of aromatic carboxylic acids is 1. The summed E-state index contributed by atoms with van der Waals surface area (Å²) in [6.07, 6.45) is 0. The summed E-state index contributed by atoms with van der Waals surface area (Å²) in [5, 5.41) is 12.6. The maximum atomic E-state index is 12.0. The van der Waals surface area contributed by atoms with Crippen LogP contribution in [0.3, 0.4) is 0 Å². The van der Waals surface area contributed by atoms with E-state index in [-0.39, 0.29) is 23.1 Å². The van der Waals surface area contributed by atoms with E-state index < -0.39 is 11.9 Å². The topological polar surface area (TPSA) is 75.6 Å². The van der Waals surface area contributed by atoms with Crippen molar-refractivity contribution in [3.8, 4) is 0 Å². The van der Waals surface area contributed by atoms with Crippen molar-refractivity contribution in [2.75, 3.05) is 11.9 Å². The molecule has 25 heavy (non-hydrogen) atoms. The summed E-state index contributed by atoms with van der Waals surface area (Å²) >= 11 is 0. The fraction of sp³-hybridized carbons (Fsp3) is 0.300. The van der Waals surface area contributed by atoms with Crippen molar-refractivity contribution < 1.29 is 19.4 Å². The Balaban J connectivity index is 2.38. The van der Waals surface area contributed by atoms with Crippen LogP contribution in [0.5, 0.6) is 0 Å². The van der Waals surface area contributed by atoms with Gasteiger partial charge < -0.3 is 15.2 Å². The normalized spacial score (nSPS) is 11.0. The minimum atomic E-state index is -1.18. The van der Waals surface area contributed by atoms with Crippen molar-refractivity contribution in [2.24, 2.45) is 0 Å². The van der Waals surface area contributed by atoms with Gasteiger partial charge in [-0.15, -0.1) is 0 Å². The van der Waals surface area contributed by atoms with Gasteiger partial charge in [0, 0.05) is 5.69 Å². The van der Waals surface area contributed by atoms with Crippen LogP contribution in [0.25, 0.3) is 0 Å². The van der Waals surface area contributed by atoms with Crippen LogP contribution < -0.4 is 5.32 Å². The average molecular weight is 341 g/mol. The molecule has 5 heteroatoms. The highest BCUT2D eigenvalue weighted by Crippen LogP contribution is 2.27. The van der Waals surface area contributed by atoms with Crippen molar-refractivity contribution in [3.05, 3.63) is 59.2 Å². The van der Waals surface area contributed by atoms with Crippen LogP contribution in [0.2, 0.25) is 0 Å². The Kier molecular flexibility index (Phi) is 5.47. The van der Waals surface area contributed by atoms with E-state index in [0.29, 0.717) is 5.69 Å². The van der Waals surface area contributed by atoms with E-state index in [1.807, 2.05) is 24.3 Å². The predicted molar refractivity (Wildman–Crippen MR) is 97.8 cm³/mol. The standard InChI is InChI=1S/C20H23NO4/c1-5-25-19(24)15-7-6-8-16(17(15)18(22)23)21-14-11-9-13(10-12-14)20(2,3)4/h6-12,21H,5H2,1-4H3,(H,22,23). The summed E-state index contributed by atoms with van der Waals surface area (Å²) in [5.41, 5.74) is 2.25. The summed E-state index contributed by atoms with van der Waals surface area (Å²) in [7, 11) is 0. The Labute approximate surface area is 147 Å². The smallest absolute Gasteiger partial charge is 0.339 e. The first-order valence-electron chi connectivity index (χ1n) is 8.15. The van der Waals surface area contributed by atoms with Crippen LogP contribution in [-0.2, 0) is 10.2 Å². The molecule has 2 rings (SSSR count). The fourth-order valence-corrected chi connectivity index (χ4v) is 2.47. The van der Waals surface area contributed by atoms with Gasteiger partial charge in [0.1, 0.15) is 0 Å². The molecule has 0 aliphatic carbocycles. The number of carboxylic acid groups (broad SMARTS) is 1. The Bertz CT molecular complexity index is 773. The fourth-order valence-electron chi connectivity index (χ4n) is 2.47. The summed E-state index contributed by atoms with van der Waals surface area (Å²) < 4.78 is 4.95. The van der Waals surface area contributed by atoms with Crippen LogP contribution in [0, 0.1) is 0 Å². The predicted octanol–water partition coefficient (Wildman–Crippen LogP) is 4.60. The molecule has 0 fully saturated rings. The second kappa shape index (κ2) is 7.38. The highest BCUT2D eigenvalue weighted by Gasteiger charge is 2.21. The van der Waals surface area contributed by atoms with Gasteiger partial charge in [-0.05, 0) is 42.2 Å². The average Bonchev–Trinajstić information content (AvgIpc) is 2.54. The molecule has 0 unspecified atom stereocenters. The molecule has 0 saturated carbocycles.